The van der Waals surface area contributed by atoms with Crippen LogP contribution in [-0.2, 0) is 9.16 Å². The lowest BCUT2D eigenvalue weighted by atomic mass is 9.92. The fraction of sp³-hybridized carbons (Fsp3) is 0.905. The van der Waals surface area contributed by atoms with Gasteiger partial charge in [0.05, 0.1) is 12.2 Å². The average Bonchev–Trinajstić information content (AvgIpc) is 3.02. The summed E-state index contributed by atoms with van der Waals surface area (Å²) in [6, 6.07) is 0. The smallest absolute Gasteiger partial charge is 0.192 e. The van der Waals surface area contributed by atoms with E-state index in [0.717, 1.165) is 19.3 Å². The van der Waals surface area contributed by atoms with Crippen LogP contribution < -0.4 is 0 Å². The molecule has 25 heavy (non-hydrogen) atoms. The molecule has 146 valence electrons. The van der Waals surface area contributed by atoms with Crippen LogP contribution in [0, 0.1) is 11.8 Å². The molecule has 0 radical (unpaired) electrons. The first kappa shape index (κ1) is 21.1. The van der Waals surface area contributed by atoms with Gasteiger partial charge in [-0.3, -0.25) is 0 Å². The predicted molar refractivity (Wildman–Crippen MR) is 107 cm³/mol. The Kier molecular flexibility index (Phi) is 7.34. The van der Waals surface area contributed by atoms with E-state index in [1.807, 2.05) is 0 Å². The van der Waals surface area contributed by atoms with E-state index in [0.29, 0.717) is 11.8 Å². The van der Waals surface area contributed by atoms with E-state index < -0.39 is 14.6 Å². The molecule has 2 rings (SSSR count). The van der Waals surface area contributed by atoms with Crippen LogP contribution in [0.5, 0.6) is 0 Å². The summed E-state index contributed by atoms with van der Waals surface area (Å²) in [6.07, 6.45) is 12.6. The zero-order chi connectivity index (χ0) is 18.7. The Morgan fingerprint density at radius 1 is 1.24 bits per heavy atom. The van der Waals surface area contributed by atoms with Crippen molar-refractivity contribution in [2.24, 2.45) is 11.8 Å². The first-order valence-corrected chi connectivity index (χ1v) is 13.2. The molecule has 0 bridgehead atoms. The van der Waals surface area contributed by atoms with Crippen LogP contribution in [0.2, 0.25) is 18.1 Å². The van der Waals surface area contributed by atoms with Gasteiger partial charge in [-0.15, -0.1) is 0 Å². The van der Waals surface area contributed by atoms with E-state index in [1.165, 1.54) is 25.7 Å². The zero-order valence-electron chi connectivity index (χ0n) is 17.3. The lowest BCUT2D eigenvalue weighted by molar-refractivity contribution is -0.0906. The lowest BCUT2D eigenvalue weighted by Gasteiger charge is -2.38. The number of aliphatic hydroxyl groups is 1. The van der Waals surface area contributed by atoms with E-state index in [4.69, 9.17) is 9.16 Å². The van der Waals surface area contributed by atoms with Gasteiger partial charge in [0.2, 0.25) is 0 Å². The van der Waals surface area contributed by atoms with Crippen molar-refractivity contribution in [3.63, 3.8) is 0 Å². The quantitative estimate of drug-likeness (QED) is 0.342. The van der Waals surface area contributed by atoms with Crippen molar-refractivity contribution in [1.82, 2.24) is 0 Å². The summed E-state index contributed by atoms with van der Waals surface area (Å²) in [5.74, 6) is 1.04. The van der Waals surface area contributed by atoms with Gasteiger partial charge < -0.3 is 14.3 Å². The molecule has 1 saturated heterocycles. The molecule has 0 aromatic heterocycles. The van der Waals surface area contributed by atoms with Crippen LogP contribution in [0.25, 0.3) is 0 Å². The minimum atomic E-state index is -1.76. The normalized spacial score (nSPS) is 31.6. The molecule has 2 aliphatic rings. The van der Waals surface area contributed by atoms with Gasteiger partial charge >= 0.3 is 0 Å². The van der Waals surface area contributed by atoms with Crippen LogP contribution in [-0.4, -0.2) is 31.9 Å². The summed E-state index contributed by atoms with van der Waals surface area (Å²) in [4.78, 5) is 0. The molecule has 0 spiro atoms. The number of ether oxygens (including phenoxy) is 1. The van der Waals surface area contributed by atoms with Gasteiger partial charge in [-0.2, -0.15) is 0 Å². The van der Waals surface area contributed by atoms with Crippen LogP contribution in [0.4, 0.5) is 0 Å². The third-order valence-corrected chi connectivity index (χ3v) is 11.0. The summed E-state index contributed by atoms with van der Waals surface area (Å²) in [5.41, 5.74) is 0. The SMILES string of the molecule is CCCCCC(C=CC1CCC2OC(O)CC12)O[Si](C)(C)C(C)(C)C. The van der Waals surface area contributed by atoms with Crippen molar-refractivity contribution >= 4 is 8.32 Å². The van der Waals surface area contributed by atoms with Gasteiger partial charge in [-0.1, -0.05) is 59.1 Å². The standard InChI is InChI=1S/C21H40O3Si/c1-7-8-9-10-17(24-25(5,6)21(2,3)4)13-11-16-12-14-19-18(16)15-20(22)23-19/h11,13,16-20,22H,7-10,12,14-15H2,1-6H3. The molecule has 1 N–H and O–H groups in total. The molecule has 1 aliphatic carbocycles. The Balaban J connectivity index is 2.00. The van der Waals surface area contributed by atoms with E-state index in [9.17, 15) is 5.11 Å². The second-order valence-electron chi connectivity index (χ2n) is 9.57. The minimum absolute atomic E-state index is 0.235. The monoisotopic (exact) mass is 368 g/mol. The third kappa shape index (κ3) is 5.65. The molecule has 1 saturated carbocycles. The fourth-order valence-corrected chi connectivity index (χ4v) is 5.20. The maximum Gasteiger partial charge on any atom is 0.192 e. The number of unbranched alkanes of at least 4 members (excludes halogenated alkanes) is 2. The van der Waals surface area contributed by atoms with E-state index in [-0.39, 0.29) is 17.2 Å². The maximum absolute atomic E-state index is 9.75. The average molecular weight is 369 g/mol. The Morgan fingerprint density at radius 2 is 1.96 bits per heavy atom. The van der Waals surface area contributed by atoms with Gasteiger partial charge in [-0.25, -0.2) is 0 Å². The molecule has 0 aromatic carbocycles. The first-order valence-electron chi connectivity index (χ1n) is 10.3. The van der Waals surface area contributed by atoms with Crippen LogP contribution in [0.1, 0.15) is 72.6 Å². The number of aliphatic hydroxyl groups excluding tert-OH is 1. The van der Waals surface area contributed by atoms with Crippen molar-refractivity contribution < 1.29 is 14.3 Å². The number of fused-ring (bicyclic) bond motifs is 1. The number of allylic oxidation sites excluding steroid dienone is 1. The van der Waals surface area contributed by atoms with E-state index >= 15 is 0 Å². The highest BCUT2D eigenvalue weighted by Crippen LogP contribution is 2.43. The number of rotatable bonds is 8. The van der Waals surface area contributed by atoms with Gasteiger partial charge in [0.1, 0.15) is 0 Å². The van der Waals surface area contributed by atoms with Crippen LogP contribution >= 0.6 is 0 Å². The van der Waals surface area contributed by atoms with E-state index in [1.54, 1.807) is 0 Å². The first-order chi connectivity index (χ1) is 11.6. The fourth-order valence-electron chi connectivity index (χ4n) is 3.90. The highest BCUT2D eigenvalue weighted by molar-refractivity contribution is 6.74. The highest BCUT2D eigenvalue weighted by Gasteiger charge is 2.43. The molecule has 1 aliphatic heterocycles. The van der Waals surface area contributed by atoms with Gasteiger partial charge in [0.25, 0.3) is 0 Å². The Labute approximate surface area is 156 Å². The molecule has 2 fully saturated rings. The summed E-state index contributed by atoms with van der Waals surface area (Å²) in [7, 11) is -1.76. The Morgan fingerprint density at radius 3 is 2.60 bits per heavy atom. The van der Waals surface area contributed by atoms with Crippen LogP contribution in [0.3, 0.4) is 0 Å². The zero-order valence-corrected chi connectivity index (χ0v) is 18.3. The second-order valence-corrected chi connectivity index (χ2v) is 14.3. The van der Waals surface area contributed by atoms with Crippen molar-refractivity contribution in [1.29, 1.82) is 0 Å². The lowest BCUT2D eigenvalue weighted by Crippen LogP contribution is -2.43. The molecule has 3 nitrogen and oxygen atoms in total. The van der Waals surface area contributed by atoms with Gasteiger partial charge in [0, 0.05) is 6.42 Å². The van der Waals surface area contributed by atoms with Crippen molar-refractivity contribution in [2.75, 3.05) is 0 Å². The number of hydrogen-bond donors (Lipinski definition) is 1. The largest absolute Gasteiger partial charge is 0.411 e. The molecule has 5 atom stereocenters. The minimum Gasteiger partial charge on any atom is -0.411 e. The van der Waals surface area contributed by atoms with Crippen molar-refractivity contribution in [3.05, 3.63) is 12.2 Å². The summed E-state index contributed by atoms with van der Waals surface area (Å²) < 4.78 is 12.3. The van der Waals surface area contributed by atoms with Gasteiger partial charge in [-0.05, 0) is 49.2 Å². The molecule has 5 unspecified atom stereocenters. The molecular weight excluding hydrogens is 328 g/mol. The van der Waals surface area contributed by atoms with Gasteiger partial charge in [0.15, 0.2) is 14.6 Å². The molecule has 4 heteroatoms. The van der Waals surface area contributed by atoms with E-state index in [2.05, 4.69) is 52.9 Å². The summed E-state index contributed by atoms with van der Waals surface area (Å²) in [5, 5.41) is 9.99. The summed E-state index contributed by atoms with van der Waals surface area (Å²) in [6.45, 7) is 13.9. The molecular formula is C21H40O3Si. The van der Waals surface area contributed by atoms with Crippen LogP contribution in [0.15, 0.2) is 12.2 Å². The molecule has 0 amide bonds. The van der Waals surface area contributed by atoms with Crippen molar-refractivity contribution in [2.45, 2.75) is 109 Å². The summed E-state index contributed by atoms with van der Waals surface area (Å²) >= 11 is 0. The van der Waals surface area contributed by atoms with Crippen molar-refractivity contribution in [3.8, 4) is 0 Å². The Hall–Kier alpha value is -0.163. The number of hydrogen-bond acceptors (Lipinski definition) is 3. The molecule has 1 heterocycles. The third-order valence-electron chi connectivity index (χ3n) is 6.54. The highest BCUT2D eigenvalue weighted by atomic mass is 28.4. The Bertz CT molecular complexity index is 441. The second kappa shape index (κ2) is 8.68. The molecule has 0 aromatic rings. The predicted octanol–water partition coefficient (Wildman–Crippen LogP) is 5.65. The topological polar surface area (TPSA) is 38.7 Å². The maximum atomic E-state index is 9.75.